The van der Waals surface area contributed by atoms with Gasteiger partial charge >= 0.3 is 0 Å². The number of nitrogens with zero attached hydrogens (tertiary/aromatic N) is 2. The van der Waals surface area contributed by atoms with Gasteiger partial charge in [0.25, 0.3) is 0 Å². The SMILES string of the molecule is CCCNC(CCC)c1c(Cl)cnn1CC. The summed E-state index contributed by atoms with van der Waals surface area (Å²) in [4.78, 5) is 0. The van der Waals surface area contributed by atoms with Crippen LogP contribution in [0.1, 0.15) is 51.8 Å². The van der Waals surface area contributed by atoms with Crippen molar-refractivity contribution in [1.82, 2.24) is 15.1 Å². The van der Waals surface area contributed by atoms with Crippen molar-refractivity contribution in [2.45, 2.75) is 52.6 Å². The fraction of sp³-hybridized carbons (Fsp3) is 0.750. The first kappa shape index (κ1) is 13.5. The molecule has 1 unspecified atom stereocenters. The predicted octanol–water partition coefficient (Wildman–Crippen LogP) is 3.40. The highest BCUT2D eigenvalue weighted by molar-refractivity contribution is 6.31. The molecule has 1 aromatic heterocycles. The molecule has 0 radical (unpaired) electrons. The molecule has 92 valence electrons. The Balaban J connectivity index is 2.85. The molecular weight excluding hydrogens is 222 g/mol. The van der Waals surface area contributed by atoms with Crippen LogP contribution in [0.15, 0.2) is 6.20 Å². The van der Waals surface area contributed by atoms with Crippen molar-refractivity contribution in [3.8, 4) is 0 Å². The number of aryl methyl sites for hydroxylation is 1. The highest BCUT2D eigenvalue weighted by atomic mass is 35.5. The van der Waals surface area contributed by atoms with Gasteiger partial charge in [-0.1, -0.05) is 31.9 Å². The molecule has 0 aliphatic heterocycles. The molecule has 0 saturated carbocycles. The summed E-state index contributed by atoms with van der Waals surface area (Å²) in [6, 6.07) is 0.333. The zero-order chi connectivity index (χ0) is 12.0. The van der Waals surface area contributed by atoms with Gasteiger partial charge in [-0.2, -0.15) is 5.10 Å². The van der Waals surface area contributed by atoms with Crippen molar-refractivity contribution in [2.75, 3.05) is 6.54 Å². The molecule has 1 aromatic rings. The molecule has 0 aliphatic rings. The molecule has 0 aromatic carbocycles. The molecule has 0 spiro atoms. The van der Waals surface area contributed by atoms with E-state index in [1.807, 2.05) is 4.68 Å². The maximum atomic E-state index is 6.21. The van der Waals surface area contributed by atoms with Gasteiger partial charge in [-0.3, -0.25) is 4.68 Å². The van der Waals surface area contributed by atoms with Crippen LogP contribution in [-0.4, -0.2) is 16.3 Å². The minimum absolute atomic E-state index is 0.333. The third-order valence-electron chi connectivity index (χ3n) is 2.68. The van der Waals surface area contributed by atoms with Crippen molar-refractivity contribution in [3.05, 3.63) is 16.9 Å². The highest BCUT2D eigenvalue weighted by Crippen LogP contribution is 2.26. The standard InChI is InChI=1S/C12H22ClN3/c1-4-7-11(14-8-5-2)12-10(13)9-15-16(12)6-3/h9,11,14H,4-8H2,1-3H3. The summed E-state index contributed by atoms with van der Waals surface area (Å²) in [6.45, 7) is 8.36. The van der Waals surface area contributed by atoms with Crippen LogP contribution < -0.4 is 5.32 Å². The van der Waals surface area contributed by atoms with Gasteiger partial charge in [0.05, 0.1) is 23.0 Å². The summed E-state index contributed by atoms with van der Waals surface area (Å²) in [5, 5.41) is 8.61. The summed E-state index contributed by atoms with van der Waals surface area (Å²) in [6.07, 6.45) is 5.13. The number of hydrogen-bond acceptors (Lipinski definition) is 2. The van der Waals surface area contributed by atoms with Crippen LogP contribution in [0.2, 0.25) is 5.02 Å². The lowest BCUT2D eigenvalue weighted by molar-refractivity contribution is 0.453. The molecule has 0 fully saturated rings. The number of halogens is 1. The number of aromatic nitrogens is 2. The first-order valence-corrected chi connectivity index (χ1v) is 6.56. The number of rotatable bonds is 7. The van der Waals surface area contributed by atoms with Crippen molar-refractivity contribution in [1.29, 1.82) is 0 Å². The minimum Gasteiger partial charge on any atom is -0.309 e. The molecule has 16 heavy (non-hydrogen) atoms. The fourth-order valence-corrected chi connectivity index (χ4v) is 2.19. The van der Waals surface area contributed by atoms with E-state index in [0.717, 1.165) is 43.1 Å². The summed E-state index contributed by atoms with van der Waals surface area (Å²) in [7, 11) is 0. The maximum Gasteiger partial charge on any atom is 0.0834 e. The quantitative estimate of drug-likeness (QED) is 0.796. The Bertz CT molecular complexity index is 309. The zero-order valence-corrected chi connectivity index (χ0v) is 11.2. The first-order valence-electron chi connectivity index (χ1n) is 6.19. The lowest BCUT2D eigenvalue weighted by Gasteiger charge is -2.19. The van der Waals surface area contributed by atoms with E-state index in [9.17, 15) is 0 Å². The van der Waals surface area contributed by atoms with Gasteiger partial charge < -0.3 is 5.32 Å². The summed E-state index contributed by atoms with van der Waals surface area (Å²) < 4.78 is 1.99. The Morgan fingerprint density at radius 3 is 2.69 bits per heavy atom. The Labute approximate surface area is 103 Å². The molecule has 3 nitrogen and oxygen atoms in total. The largest absolute Gasteiger partial charge is 0.309 e. The van der Waals surface area contributed by atoms with Gasteiger partial charge in [-0.15, -0.1) is 0 Å². The van der Waals surface area contributed by atoms with Crippen LogP contribution >= 0.6 is 11.6 Å². The van der Waals surface area contributed by atoms with Gasteiger partial charge in [0, 0.05) is 6.54 Å². The van der Waals surface area contributed by atoms with Crippen molar-refractivity contribution < 1.29 is 0 Å². The minimum atomic E-state index is 0.333. The average Bonchev–Trinajstić information content (AvgIpc) is 2.66. The van der Waals surface area contributed by atoms with Crippen molar-refractivity contribution in [2.24, 2.45) is 0 Å². The van der Waals surface area contributed by atoms with Gasteiger partial charge in [0.1, 0.15) is 0 Å². The Hall–Kier alpha value is -0.540. The van der Waals surface area contributed by atoms with E-state index in [0.29, 0.717) is 6.04 Å². The van der Waals surface area contributed by atoms with E-state index < -0.39 is 0 Å². The molecule has 1 heterocycles. The van der Waals surface area contributed by atoms with E-state index in [4.69, 9.17) is 11.6 Å². The topological polar surface area (TPSA) is 29.9 Å². The molecule has 1 atom stereocenters. The Kier molecular flexibility index (Phi) is 5.85. The van der Waals surface area contributed by atoms with Crippen LogP contribution in [0, 0.1) is 0 Å². The molecule has 1 rings (SSSR count). The molecule has 4 heteroatoms. The van der Waals surface area contributed by atoms with E-state index in [-0.39, 0.29) is 0 Å². The third-order valence-corrected chi connectivity index (χ3v) is 2.97. The highest BCUT2D eigenvalue weighted by Gasteiger charge is 2.18. The van der Waals surface area contributed by atoms with E-state index in [2.05, 4.69) is 31.2 Å². The molecule has 1 N–H and O–H groups in total. The maximum absolute atomic E-state index is 6.21. The zero-order valence-electron chi connectivity index (χ0n) is 10.5. The summed E-state index contributed by atoms with van der Waals surface area (Å²) in [5.74, 6) is 0. The summed E-state index contributed by atoms with van der Waals surface area (Å²) >= 11 is 6.21. The fourth-order valence-electron chi connectivity index (χ4n) is 1.91. The van der Waals surface area contributed by atoms with E-state index >= 15 is 0 Å². The van der Waals surface area contributed by atoms with Crippen LogP contribution in [0.4, 0.5) is 0 Å². The van der Waals surface area contributed by atoms with Crippen LogP contribution in [0.3, 0.4) is 0 Å². The van der Waals surface area contributed by atoms with E-state index in [1.54, 1.807) is 6.20 Å². The van der Waals surface area contributed by atoms with Gasteiger partial charge in [0.2, 0.25) is 0 Å². The third kappa shape index (κ3) is 3.22. The second kappa shape index (κ2) is 6.92. The lowest BCUT2D eigenvalue weighted by atomic mass is 10.1. The second-order valence-electron chi connectivity index (χ2n) is 3.99. The van der Waals surface area contributed by atoms with Crippen molar-refractivity contribution >= 4 is 11.6 Å². The van der Waals surface area contributed by atoms with E-state index in [1.165, 1.54) is 0 Å². The Morgan fingerprint density at radius 2 is 2.12 bits per heavy atom. The second-order valence-corrected chi connectivity index (χ2v) is 4.40. The summed E-state index contributed by atoms with van der Waals surface area (Å²) in [5.41, 5.74) is 1.14. The molecule has 0 bridgehead atoms. The monoisotopic (exact) mass is 243 g/mol. The van der Waals surface area contributed by atoms with Crippen LogP contribution in [-0.2, 0) is 6.54 Å². The molecular formula is C12H22ClN3. The normalized spacial score (nSPS) is 13.0. The lowest BCUT2D eigenvalue weighted by Crippen LogP contribution is -2.25. The van der Waals surface area contributed by atoms with Gasteiger partial charge in [0.15, 0.2) is 0 Å². The van der Waals surface area contributed by atoms with Gasteiger partial charge in [-0.05, 0) is 26.3 Å². The van der Waals surface area contributed by atoms with Crippen molar-refractivity contribution in [3.63, 3.8) is 0 Å². The number of nitrogens with one attached hydrogen (secondary N) is 1. The van der Waals surface area contributed by atoms with Crippen LogP contribution in [0.5, 0.6) is 0 Å². The number of hydrogen-bond donors (Lipinski definition) is 1. The average molecular weight is 244 g/mol. The molecule has 0 saturated heterocycles. The first-order chi connectivity index (χ1) is 7.74. The van der Waals surface area contributed by atoms with Gasteiger partial charge in [-0.25, -0.2) is 0 Å². The Morgan fingerprint density at radius 1 is 1.38 bits per heavy atom. The predicted molar refractivity (Wildman–Crippen MR) is 68.9 cm³/mol. The van der Waals surface area contributed by atoms with Crippen LogP contribution in [0.25, 0.3) is 0 Å². The molecule has 0 amide bonds. The smallest absolute Gasteiger partial charge is 0.0834 e. The molecule has 0 aliphatic carbocycles.